The Morgan fingerprint density at radius 3 is 2.19 bits per heavy atom. The van der Waals surface area contributed by atoms with Gasteiger partial charge in [-0.1, -0.05) is 67.5 Å². The Morgan fingerprint density at radius 1 is 1.16 bits per heavy atom. The van der Waals surface area contributed by atoms with Crippen LogP contribution in [0.3, 0.4) is 0 Å². The molecular formula is C24H39BF3NO3. The molecule has 0 saturated heterocycles. The molecule has 4 nitrogen and oxygen atoms in total. The molecule has 0 radical (unpaired) electrons. The number of fused-ring (bicyclic) bond motifs is 1. The Balaban J connectivity index is 0. The SMILES string of the molecule is C/C=C(\C=C(/C(C)C)C(F)(F)F)C(=O)Nc1ccc2c(c1)B(O)OCC2.CC.CC.CC. The first-order chi connectivity index (χ1) is 15.1. The van der Waals surface area contributed by atoms with Gasteiger partial charge in [-0.05, 0) is 48.5 Å². The summed E-state index contributed by atoms with van der Waals surface area (Å²) in [6.07, 6.45) is -1.65. The lowest BCUT2D eigenvalue weighted by molar-refractivity contribution is -0.112. The topological polar surface area (TPSA) is 58.6 Å². The summed E-state index contributed by atoms with van der Waals surface area (Å²) in [4.78, 5) is 12.4. The van der Waals surface area contributed by atoms with Gasteiger partial charge in [-0.2, -0.15) is 13.2 Å². The van der Waals surface area contributed by atoms with E-state index in [0.717, 1.165) is 11.6 Å². The standard InChI is InChI=1S/C18H21BF3NO3.3C2H6/c1-4-12(9-15(11(2)3)18(20,21)22)17(24)23-14-6-5-13-7-8-26-19(25)16(13)10-14;3*1-2/h4-6,9-11,25H,7-8H2,1-3H3,(H,23,24);3*1-2H3/b12-4+,15-9+;;;. The van der Waals surface area contributed by atoms with E-state index in [4.69, 9.17) is 4.65 Å². The van der Waals surface area contributed by atoms with Crippen molar-refractivity contribution in [1.82, 2.24) is 0 Å². The maximum atomic E-state index is 13.1. The fraction of sp³-hybridized carbons (Fsp3) is 0.542. The van der Waals surface area contributed by atoms with Crippen LogP contribution in [-0.2, 0) is 15.9 Å². The minimum Gasteiger partial charge on any atom is -0.423 e. The summed E-state index contributed by atoms with van der Waals surface area (Å²) in [5.74, 6) is -1.42. The van der Waals surface area contributed by atoms with Gasteiger partial charge in [0, 0.05) is 23.4 Å². The van der Waals surface area contributed by atoms with Crippen LogP contribution in [0.1, 0.15) is 67.9 Å². The third kappa shape index (κ3) is 10.0. The molecule has 1 amide bonds. The molecule has 0 unspecified atom stereocenters. The molecule has 1 aromatic rings. The lowest BCUT2D eigenvalue weighted by Gasteiger charge is -2.20. The van der Waals surface area contributed by atoms with Gasteiger partial charge in [0.15, 0.2) is 0 Å². The first-order valence-corrected chi connectivity index (χ1v) is 11.3. The van der Waals surface area contributed by atoms with Crippen molar-refractivity contribution in [3.63, 3.8) is 0 Å². The molecule has 0 spiro atoms. The summed E-state index contributed by atoms with van der Waals surface area (Å²) in [7, 11) is -1.07. The fourth-order valence-electron chi connectivity index (χ4n) is 2.73. The minimum absolute atomic E-state index is 0.0828. The van der Waals surface area contributed by atoms with Crippen LogP contribution in [0.15, 0.2) is 41.5 Å². The molecule has 0 aromatic heterocycles. The van der Waals surface area contributed by atoms with E-state index in [-0.39, 0.29) is 5.57 Å². The normalized spacial score (nSPS) is 13.5. The van der Waals surface area contributed by atoms with E-state index >= 15 is 0 Å². The fourth-order valence-corrected chi connectivity index (χ4v) is 2.73. The van der Waals surface area contributed by atoms with Crippen LogP contribution in [0.2, 0.25) is 0 Å². The van der Waals surface area contributed by atoms with Crippen molar-refractivity contribution in [2.24, 2.45) is 5.92 Å². The van der Waals surface area contributed by atoms with E-state index in [1.54, 1.807) is 18.2 Å². The molecule has 8 heteroatoms. The molecule has 0 saturated carbocycles. The highest BCUT2D eigenvalue weighted by molar-refractivity contribution is 6.61. The molecule has 2 rings (SSSR count). The molecule has 1 aliphatic heterocycles. The van der Waals surface area contributed by atoms with Gasteiger partial charge >= 0.3 is 13.3 Å². The molecule has 2 N–H and O–H groups in total. The monoisotopic (exact) mass is 457 g/mol. The predicted octanol–water partition coefficient (Wildman–Crippen LogP) is 6.05. The first-order valence-electron chi connectivity index (χ1n) is 11.3. The average Bonchev–Trinajstić information content (AvgIpc) is 2.78. The maximum absolute atomic E-state index is 13.1. The van der Waals surface area contributed by atoms with Crippen LogP contribution in [0.5, 0.6) is 0 Å². The van der Waals surface area contributed by atoms with Crippen molar-refractivity contribution < 1.29 is 27.6 Å². The average molecular weight is 457 g/mol. The highest BCUT2D eigenvalue weighted by atomic mass is 19.4. The van der Waals surface area contributed by atoms with Crippen LogP contribution < -0.4 is 10.8 Å². The van der Waals surface area contributed by atoms with Gasteiger partial charge in [0.2, 0.25) is 0 Å². The third-order valence-corrected chi connectivity index (χ3v) is 4.15. The number of amides is 1. The summed E-state index contributed by atoms with van der Waals surface area (Å²) in [5.41, 5.74) is 0.983. The quantitative estimate of drug-likeness (QED) is 0.329. The number of hydrogen-bond donors (Lipinski definition) is 2. The largest absolute Gasteiger partial charge is 0.491 e. The van der Waals surface area contributed by atoms with Gasteiger partial charge in [0.05, 0.1) is 0 Å². The molecular weight excluding hydrogens is 418 g/mol. The zero-order chi connectivity index (χ0) is 25.5. The lowest BCUT2D eigenvalue weighted by atomic mass is 9.73. The van der Waals surface area contributed by atoms with Gasteiger partial charge in [0.1, 0.15) is 0 Å². The van der Waals surface area contributed by atoms with Gasteiger partial charge in [-0.15, -0.1) is 0 Å². The Morgan fingerprint density at radius 2 is 1.72 bits per heavy atom. The summed E-state index contributed by atoms with van der Waals surface area (Å²) >= 11 is 0. The second-order valence-corrected chi connectivity index (χ2v) is 6.34. The van der Waals surface area contributed by atoms with Gasteiger partial charge < -0.3 is 15.0 Å². The summed E-state index contributed by atoms with van der Waals surface area (Å²) in [6.45, 7) is 16.8. The number of carbonyl (C=O) groups excluding carboxylic acids is 1. The number of nitrogens with one attached hydrogen (secondary N) is 1. The number of carbonyl (C=O) groups is 1. The molecule has 1 aromatic carbocycles. The summed E-state index contributed by atoms with van der Waals surface area (Å²) < 4.78 is 44.5. The number of rotatable bonds is 4. The maximum Gasteiger partial charge on any atom is 0.491 e. The first kappa shape index (κ1) is 32.1. The second-order valence-electron chi connectivity index (χ2n) is 6.34. The number of anilines is 1. The lowest BCUT2D eigenvalue weighted by Crippen LogP contribution is -2.41. The van der Waals surface area contributed by atoms with Gasteiger partial charge in [-0.25, -0.2) is 0 Å². The Bertz CT molecular complexity index is 744. The minimum atomic E-state index is -4.50. The zero-order valence-electron chi connectivity index (χ0n) is 20.9. The Labute approximate surface area is 192 Å². The van der Waals surface area contributed by atoms with Crippen molar-refractivity contribution in [2.75, 3.05) is 11.9 Å². The van der Waals surface area contributed by atoms with E-state index < -0.39 is 30.7 Å². The predicted molar refractivity (Wildman–Crippen MR) is 129 cm³/mol. The number of halogens is 3. The van der Waals surface area contributed by atoms with Crippen molar-refractivity contribution in [1.29, 1.82) is 0 Å². The molecule has 0 atom stereocenters. The van der Waals surface area contributed by atoms with E-state index in [0.29, 0.717) is 24.2 Å². The van der Waals surface area contributed by atoms with Crippen LogP contribution in [0, 0.1) is 5.92 Å². The summed E-state index contributed by atoms with van der Waals surface area (Å²) in [5, 5.41) is 12.4. The van der Waals surface area contributed by atoms with E-state index in [1.165, 1.54) is 26.8 Å². The highest BCUT2D eigenvalue weighted by Crippen LogP contribution is 2.32. The Hall–Kier alpha value is -2.06. The molecule has 0 aliphatic carbocycles. The smallest absolute Gasteiger partial charge is 0.423 e. The number of alkyl halides is 3. The zero-order valence-corrected chi connectivity index (χ0v) is 20.9. The van der Waals surface area contributed by atoms with Crippen molar-refractivity contribution >= 4 is 24.2 Å². The second kappa shape index (κ2) is 16.6. The van der Waals surface area contributed by atoms with Crippen LogP contribution in [0.25, 0.3) is 0 Å². The van der Waals surface area contributed by atoms with E-state index in [2.05, 4.69) is 5.32 Å². The molecule has 1 aliphatic rings. The van der Waals surface area contributed by atoms with E-state index in [9.17, 15) is 23.0 Å². The van der Waals surface area contributed by atoms with E-state index in [1.807, 2.05) is 41.5 Å². The Kier molecular flexibility index (Phi) is 16.6. The number of benzene rings is 1. The van der Waals surface area contributed by atoms with Gasteiger partial charge in [-0.3, -0.25) is 4.79 Å². The summed E-state index contributed by atoms with van der Waals surface area (Å²) in [6, 6.07) is 4.98. The third-order valence-electron chi connectivity index (χ3n) is 4.15. The number of allylic oxidation sites excluding steroid dienone is 2. The molecule has 32 heavy (non-hydrogen) atoms. The van der Waals surface area contributed by atoms with Gasteiger partial charge in [0.25, 0.3) is 5.91 Å². The molecule has 0 bridgehead atoms. The van der Waals surface area contributed by atoms with Crippen LogP contribution >= 0.6 is 0 Å². The molecule has 0 fully saturated rings. The number of hydrogen-bond acceptors (Lipinski definition) is 3. The molecule has 182 valence electrons. The van der Waals surface area contributed by atoms with Crippen LogP contribution in [0.4, 0.5) is 18.9 Å². The molecule has 1 heterocycles. The van der Waals surface area contributed by atoms with Crippen molar-refractivity contribution in [2.45, 2.75) is 74.9 Å². The van der Waals surface area contributed by atoms with Crippen molar-refractivity contribution in [3.8, 4) is 0 Å². The van der Waals surface area contributed by atoms with Crippen molar-refractivity contribution in [3.05, 3.63) is 47.1 Å². The van der Waals surface area contributed by atoms with Crippen LogP contribution in [-0.4, -0.2) is 30.8 Å². The highest BCUT2D eigenvalue weighted by Gasteiger charge is 2.35.